The number of nitrogens with zero attached hydrogens (tertiary/aromatic N) is 2. The Balaban J connectivity index is 2.00. The van der Waals surface area contributed by atoms with Crippen molar-refractivity contribution in [2.45, 2.75) is 31.2 Å². The Kier molecular flexibility index (Phi) is 2.48. The maximum absolute atomic E-state index is 11.5. The van der Waals surface area contributed by atoms with E-state index in [0.717, 1.165) is 12.8 Å². The molecule has 1 atom stereocenters. The zero-order valence-electron chi connectivity index (χ0n) is 9.74. The van der Waals surface area contributed by atoms with Crippen LogP contribution >= 0.6 is 0 Å². The molecule has 1 N–H and O–H groups in total. The van der Waals surface area contributed by atoms with Gasteiger partial charge in [-0.1, -0.05) is 0 Å². The number of sulfone groups is 1. The molecule has 1 aliphatic heterocycles. The van der Waals surface area contributed by atoms with Crippen molar-refractivity contribution in [1.82, 2.24) is 9.78 Å². The minimum atomic E-state index is -2.98. The van der Waals surface area contributed by atoms with E-state index in [2.05, 4.69) is 5.10 Å². The fraction of sp³-hybridized carbons (Fsp3) is 0.636. The fourth-order valence-electron chi connectivity index (χ4n) is 2.56. The van der Waals surface area contributed by atoms with Crippen LogP contribution in [0.4, 0.5) is 0 Å². The quantitative estimate of drug-likeness (QED) is 0.878. The third-order valence-electron chi connectivity index (χ3n) is 3.58. The first-order valence-corrected chi connectivity index (χ1v) is 7.81. The van der Waals surface area contributed by atoms with Crippen LogP contribution in [0.25, 0.3) is 0 Å². The molecule has 1 saturated carbocycles. The lowest BCUT2D eigenvalue weighted by molar-refractivity contribution is 0.0695. The first kappa shape index (κ1) is 11.7. The van der Waals surface area contributed by atoms with E-state index in [1.54, 1.807) is 4.68 Å². The van der Waals surface area contributed by atoms with E-state index >= 15 is 0 Å². The van der Waals surface area contributed by atoms with Crippen LogP contribution in [0, 0.1) is 0 Å². The van der Waals surface area contributed by atoms with Gasteiger partial charge in [0, 0.05) is 5.92 Å². The van der Waals surface area contributed by atoms with Crippen LogP contribution in [-0.4, -0.2) is 40.8 Å². The first-order valence-electron chi connectivity index (χ1n) is 5.99. The van der Waals surface area contributed by atoms with Gasteiger partial charge in [0.1, 0.15) is 5.56 Å². The van der Waals surface area contributed by atoms with Gasteiger partial charge < -0.3 is 5.11 Å². The van der Waals surface area contributed by atoms with Crippen LogP contribution in [0.2, 0.25) is 0 Å². The molecule has 2 fully saturated rings. The molecule has 7 heteroatoms. The summed E-state index contributed by atoms with van der Waals surface area (Å²) >= 11 is 0. The van der Waals surface area contributed by atoms with Gasteiger partial charge in [-0.05, 0) is 19.3 Å². The highest BCUT2D eigenvalue weighted by molar-refractivity contribution is 7.91. The molecule has 0 radical (unpaired) electrons. The molecule has 0 amide bonds. The van der Waals surface area contributed by atoms with Crippen LogP contribution in [0.3, 0.4) is 0 Å². The van der Waals surface area contributed by atoms with Crippen LogP contribution in [0.1, 0.15) is 47.3 Å². The van der Waals surface area contributed by atoms with E-state index in [-0.39, 0.29) is 29.0 Å². The van der Waals surface area contributed by atoms with E-state index in [9.17, 15) is 13.2 Å². The molecule has 0 spiro atoms. The lowest BCUT2D eigenvalue weighted by Crippen LogP contribution is -2.16. The lowest BCUT2D eigenvalue weighted by Gasteiger charge is -2.13. The van der Waals surface area contributed by atoms with Crippen LogP contribution in [0.15, 0.2) is 6.20 Å². The molecule has 1 saturated heterocycles. The number of hydrogen-bond acceptors (Lipinski definition) is 4. The van der Waals surface area contributed by atoms with E-state index in [1.165, 1.54) is 6.20 Å². The summed E-state index contributed by atoms with van der Waals surface area (Å²) in [5.41, 5.74) is 0.936. The van der Waals surface area contributed by atoms with E-state index in [4.69, 9.17) is 5.11 Å². The van der Waals surface area contributed by atoms with Gasteiger partial charge in [-0.25, -0.2) is 13.2 Å². The van der Waals surface area contributed by atoms with Crippen molar-refractivity contribution < 1.29 is 18.3 Å². The fourth-order valence-corrected chi connectivity index (χ4v) is 4.25. The average Bonchev–Trinajstić information content (AvgIpc) is 2.91. The molecule has 18 heavy (non-hydrogen) atoms. The van der Waals surface area contributed by atoms with Crippen LogP contribution in [-0.2, 0) is 9.84 Å². The molecule has 3 rings (SSSR count). The summed E-state index contributed by atoms with van der Waals surface area (Å²) in [6, 6.07) is -0.196. The SMILES string of the molecule is O=C(O)c1cnn(C2CCS(=O)(=O)C2)c1C1CC1. The molecule has 2 aliphatic rings. The lowest BCUT2D eigenvalue weighted by atomic mass is 10.1. The molecule has 1 aromatic heterocycles. The third kappa shape index (κ3) is 1.92. The van der Waals surface area contributed by atoms with E-state index < -0.39 is 15.8 Å². The predicted molar refractivity (Wildman–Crippen MR) is 63.5 cm³/mol. The maximum atomic E-state index is 11.5. The zero-order chi connectivity index (χ0) is 12.9. The Morgan fingerprint density at radius 2 is 2.11 bits per heavy atom. The average molecular weight is 270 g/mol. The summed E-state index contributed by atoms with van der Waals surface area (Å²) in [5.74, 6) is -0.497. The summed E-state index contributed by atoms with van der Waals surface area (Å²) in [6.07, 6.45) is 3.81. The van der Waals surface area contributed by atoms with Crippen molar-refractivity contribution >= 4 is 15.8 Å². The number of aromatic carboxylic acids is 1. The van der Waals surface area contributed by atoms with Crippen molar-refractivity contribution in [3.05, 3.63) is 17.5 Å². The number of rotatable bonds is 3. The van der Waals surface area contributed by atoms with Gasteiger partial charge >= 0.3 is 5.97 Å². The Bertz CT molecular complexity index is 601. The Morgan fingerprint density at radius 3 is 2.61 bits per heavy atom. The van der Waals surface area contributed by atoms with E-state index in [0.29, 0.717) is 12.1 Å². The monoisotopic (exact) mass is 270 g/mol. The number of carbonyl (C=O) groups is 1. The molecule has 1 unspecified atom stereocenters. The van der Waals surface area contributed by atoms with E-state index in [1.807, 2.05) is 0 Å². The van der Waals surface area contributed by atoms with Gasteiger partial charge in [0.2, 0.25) is 0 Å². The summed E-state index contributed by atoms with van der Waals surface area (Å²) in [5, 5.41) is 13.2. The minimum Gasteiger partial charge on any atom is -0.478 e. The number of carboxylic acids is 1. The van der Waals surface area contributed by atoms with Crippen LogP contribution < -0.4 is 0 Å². The second-order valence-corrected chi connectivity index (χ2v) is 7.25. The highest BCUT2D eigenvalue weighted by Gasteiger charge is 2.37. The number of hydrogen-bond donors (Lipinski definition) is 1. The molecule has 1 aromatic rings. The predicted octanol–water partition coefficient (Wildman–Crippen LogP) is 0.818. The van der Waals surface area contributed by atoms with Gasteiger partial charge in [-0.3, -0.25) is 4.68 Å². The van der Waals surface area contributed by atoms with Crippen molar-refractivity contribution in [2.24, 2.45) is 0 Å². The Hall–Kier alpha value is -1.37. The molecule has 1 aliphatic carbocycles. The van der Waals surface area contributed by atoms with Crippen molar-refractivity contribution in [2.75, 3.05) is 11.5 Å². The summed E-state index contributed by atoms with van der Waals surface area (Å²) in [6.45, 7) is 0. The van der Waals surface area contributed by atoms with Crippen LogP contribution in [0.5, 0.6) is 0 Å². The summed E-state index contributed by atoms with van der Waals surface area (Å²) in [7, 11) is -2.98. The third-order valence-corrected chi connectivity index (χ3v) is 5.33. The number of carboxylic acid groups (broad SMARTS) is 1. The second kappa shape index (κ2) is 3.81. The Labute approximate surface area is 105 Å². The topological polar surface area (TPSA) is 89.3 Å². The largest absolute Gasteiger partial charge is 0.478 e. The molecular weight excluding hydrogens is 256 g/mol. The molecule has 0 aromatic carbocycles. The standard InChI is InChI=1S/C11H14N2O4S/c14-11(15)9-5-12-13(10(9)7-1-2-7)8-3-4-18(16,17)6-8/h5,7-8H,1-4,6H2,(H,14,15). The highest BCUT2D eigenvalue weighted by atomic mass is 32.2. The van der Waals surface area contributed by atoms with Gasteiger partial charge in [0.25, 0.3) is 0 Å². The molecule has 0 bridgehead atoms. The zero-order valence-corrected chi connectivity index (χ0v) is 10.6. The summed E-state index contributed by atoms with van der Waals surface area (Å²) < 4.78 is 24.6. The van der Waals surface area contributed by atoms with Gasteiger partial charge in [0.15, 0.2) is 9.84 Å². The van der Waals surface area contributed by atoms with Gasteiger partial charge in [0.05, 0.1) is 29.4 Å². The molecule has 2 heterocycles. The van der Waals surface area contributed by atoms with Crippen molar-refractivity contribution in [3.8, 4) is 0 Å². The maximum Gasteiger partial charge on any atom is 0.339 e. The van der Waals surface area contributed by atoms with Gasteiger partial charge in [-0.15, -0.1) is 0 Å². The molecule has 98 valence electrons. The first-order chi connectivity index (χ1) is 8.48. The molecule has 6 nitrogen and oxygen atoms in total. The van der Waals surface area contributed by atoms with Crippen molar-refractivity contribution in [3.63, 3.8) is 0 Å². The minimum absolute atomic E-state index is 0.0768. The second-order valence-electron chi connectivity index (χ2n) is 5.02. The highest BCUT2D eigenvalue weighted by Crippen LogP contribution is 2.43. The number of aromatic nitrogens is 2. The summed E-state index contributed by atoms with van der Waals surface area (Å²) in [4.78, 5) is 11.1. The Morgan fingerprint density at radius 1 is 1.39 bits per heavy atom. The smallest absolute Gasteiger partial charge is 0.339 e. The van der Waals surface area contributed by atoms with Gasteiger partial charge in [-0.2, -0.15) is 5.10 Å². The van der Waals surface area contributed by atoms with Crippen molar-refractivity contribution in [1.29, 1.82) is 0 Å². The normalized spacial score (nSPS) is 26.3. The molecular formula is C11H14N2O4S.